The lowest BCUT2D eigenvalue weighted by Crippen LogP contribution is -2.30. The summed E-state index contributed by atoms with van der Waals surface area (Å²) in [5, 5.41) is 5.08. The molecule has 0 aliphatic rings. The highest BCUT2D eigenvalue weighted by molar-refractivity contribution is 5.89. The summed E-state index contributed by atoms with van der Waals surface area (Å²) in [6.45, 7) is 0.458. The van der Waals surface area contributed by atoms with Crippen molar-refractivity contribution in [2.45, 2.75) is 6.42 Å². The van der Waals surface area contributed by atoms with Crippen LogP contribution in [0.15, 0.2) is 47.3 Å². The number of rotatable bonds is 4. The molecule has 0 bridgehead atoms. The van der Waals surface area contributed by atoms with Gasteiger partial charge in [-0.3, -0.25) is 0 Å². The molecule has 0 aliphatic carbocycles. The Morgan fingerprint density at radius 1 is 1.28 bits per heavy atom. The maximum absolute atomic E-state index is 13.2. The number of furan rings is 1. The lowest BCUT2D eigenvalue weighted by Gasteiger charge is -2.07. The maximum Gasteiger partial charge on any atom is 0.319 e. The van der Waals surface area contributed by atoms with Crippen molar-refractivity contribution >= 4 is 11.7 Å². The van der Waals surface area contributed by atoms with Crippen LogP contribution in [0.4, 0.5) is 14.9 Å². The van der Waals surface area contributed by atoms with Crippen molar-refractivity contribution in [1.29, 1.82) is 0 Å². The van der Waals surface area contributed by atoms with Gasteiger partial charge in [-0.05, 0) is 30.2 Å². The van der Waals surface area contributed by atoms with E-state index in [0.29, 0.717) is 13.0 Å². The number of carbonyl (C=O) groups is 1. The van der Waals surface area contributed by atoms with Gasteiger partial charge in [0, 0.05) is 6.54 Å². The molecule has 0 fully saturated rings. The Kier molecular flexibility index (Phi) is 3.96. The molecular weight excluding hydrogens is 235 g/mol. The molecule has 2 amide bonds. The molecule has 94 valence electrons. The number of halogens is 1. The summed E-state index contributed by atoms with van der Waals surface area (Å²) < 4.78 is 18.1. The minimum Gasteiger partial charge on any atom is -0.472 e. The average molecular weight is 248 g/mol. The highest BCUT2D eigenvalue weighted by Crippen LogP contribution is 2.11. The summed E-state index contributed by atoms with van der Waals surface area (Å²) in [6, 6.07) is 7.42. The predicted molar refractivity (Wildman–Crippen MR) is 65.8 cm³/mol. The van der Waals surface area contributed by atoms with Crippen LogP contribution >= 0.6 is 0 Å². The summed E-state index contributed by atoms with van der Waals surface area (Å²) >= 11 is 0. The van der Waals surface area contributed by atoms with Crippen LogP contribution in [0.2, 0.25) is 0 Å². The maximum atomic E-state index is 13.2. The summed E-state index contributed by atoms with van der Waals surface area (Å²) in [4.78, 5) is 11.5. The molecule has 0 atom stereocenters. The summed E-state index contributed by atoms with van der Waals surface area (Å²) in [6.07, 6.45) is 3.87. The molecule has 0 saturated heterocycles. The van der Waals surface area contributed by atoms with Crippen LogP contribution in [0.5, 0.6) is 0 Å². The van der Waals surface area contributed by atoms with E-state index in [1.807, 2.05) is 6.07 Å². The summed E-state index contributed by atoms with van der Waals surface area (Å²) in [5.74, 6) is -0.456. The third-order valence-corrected chi connectivity index (χ3v) is 2.40. The van der Waals surface area contributed by atoms with Gasteiger partial charge in [0.1, 0.15) is 5.82 Å². The fraction of sp³-hybridized carbons (Fsp3) is 0.154. The van der Waals surface area contributed by atoms with Crippen LogP contribution in [0.1, 0.15) is 5.56 Å². The normalized spacial score (nSPS) is 10.1. The van der Waals surface area contributed by atoms with Gasteiger partial charge < -0.3 is 15.1 Å². The van der Waals surface area contributed by atoms with Crippen LogP contribution in [0.25, 0.3) is 0 Å². The van der Waals surface area contributed by atoms with Crippen LogP contribution < -0.4 is 10.6 Å². The molecule has 0 aliphatic heterocycles. The molecule has 4 nitrogen and oxygen atoms in total. The second-order valence-electron chi connectivity index (χ2n) is 3.74. The number of nitrogens with one attached hydrogen (secondary N) is 2. The van der Waals surface area contributed by atoms with E-state index < -0.39 is 11.8 Å². The van der Waals surface area contributed by atoms with Gasteiger partial charge in [0.25, 0.3) is 0 Å². The van der Waals surface area contributed by atoms with Gasteiger partial charge in [0.2, 0.25) is 0 Å². The van der Waals surface area contributed by atoms with Crippen LogP contribution in [-0.2, 0) is 6.42 Å². The van der Waals surface area contributed by atoms with Crippen molar-refractivity contribution in [2.24, 2.45) is 0 Å². The molecular formula is C13H13FN2O2. The molecule has 1 aromatic heterocycles. The summed E-state index contributed by atoms with van der Waals surface area (Å²) in [7, 11) is 0. The minimum absolute atomic E-state index is 0.165. The average Bonchev–Trinajstić information content (AvgIpc) is 2.85. The van der Waals surface area contributed by atoms with Gasteiger partial charge in [-0.15, -0.1) is 0 Å². The second-order valence-corrected chi connectivity index (χ2v) is 3.74. The van der Waals surface area contributed by atoms with E-state index in [4.69, 9.17) is 4.42 Å². The molecule has 0 saturated carbocycles. The lowest BCUT2D eigenvalue weighted by atomic mass is 10.2. The van der Waals surface area contributed by atoms with Gasteiger partial charge in [-0.2, -0.15) is 0 Å². The molecule has 2 rings (SSSR count). The van der Waals surface area contributed by atoms with Crippen molar-refractivity contribution < 1.29 is 13.6 Å². The van der Waals surface area contributed by atoms with E-state index in [-0.39, 0.29) is 5.69 Å². The summed E-state index contributed by atoms with van der Waals surface area (Å²) in [5.41, 5.74) is 1.17. The Balaban J connectivity index is 1.77. The largest absolute Gasteiger partial charge is 0.472 e. The number of hydrogen-bond donors (Lipinski definition) is 2. The number of amides is 2. The molecule has 1 aromatic carbocycles. The Labute approximate surface area is 104 Å². The molecule has 18 heavy (non-hydrogen) atoms. The van der Waals surface area contributed by atoms with E-state index in [9.17, 15) is 9.18 Å². The van der Waals surface area contributed by atoms with E-state index >= 15 is 0 Å². The first kappa shape index (κ1) is 12.2. The van der Waals surface area contributed by atoms with E-state index in [1.165, 1.54) is 12.1 Å². The van der Waals surface area contributed by atoms with E-state index in [0.717, 1.165) is 5.56 Å². The monoisotopic (exact) mass is 248 g/mol. The fourth-order valence-corrected chi connectivity index (χ4v) is 1.48. The third kappa shape index (κ3) is 3.35. The topological polar surface area (TPSA) is 54.3 Å². The van der Waals surface area contributed by atoms with Crippen molar-refractivity contribution in [3.05, 3.63) is 54.2 Å². The minimum atomic E-state index is -0.456. The Morgan fingerprint density at radius 3 is 2.83 bits per heavy atom. The number of carbonyl (C=O) groups excluding carboxylic acids is 1. The molecule has 1 heterocycles. The van der Waals surface area contributed by atoms with Crippen LogP contribution in [0.3, 0.4) is 0 Å². The lowest BCUT2D eigenvalue weighted by molar-refractivity contribution is 0.252. The zero-order valence-corrected chi connectivity index (χ0v) is 9.65. The number of benzene rings is 1. The molecule has 2 N–H and O–H groups in total. The number of urea groups is 1. The molecule has 0 radical (unpaired) electrons. The van der Waals surface area contributed by atoms with E-state index in [2.05, 4.69) is 10.6 Å². The first-order chi connectivity index (χ1) is 8.75. The quantitative estimate of drug-likeness (QED) is 0.874. The van der Waals surface area contributed by atoms with Gasteiger partial charge in [0.05, 0.1) is 18.2 Å². The van der Waals surface area contributed by atoms with Gasteiger partial charge in [-0.25, -0.2) is 9.18 Å². The standard InChI is InChI=1S/C13H13FN2O2/c14-11-3-1-2-4-12(11)16-13(17)15-7-5-10-6-8-18-9-10/h1-4,6,8-9H,5,7H2,(H2,15,16,17). The van der Waals surface area contributed by atoms with Crippen molar-refractivity contribution in [1.82, 2.24) is 5.32 Å². The number of anilines is 1. The van der Waals surface area contributed by atoms with Crippen LogP contribution in [-0.4, -0.2) is 12.6 Å². The smallest absolute Gasteiger partial charge is 0.319 e. The first-order valence-electron chi connectivity index (χ1n) is 5.56. The zero-order chi connectivity index (χ0) is 12.8. The highest BCUT2D eigenvalue weighted by atomic mass is 19.1. The van der Waals surface area contributed by atoms with Gasteiger partial charge >= 0.3 is 6.03 Å². The second kappa shape index (κ2) is 5.86. The molecule has 5 heteroatoms. The Morgan fingerprint density at radius 2 is 2.11 bits per heavy atom. The van der Waals surface area contributed by atoms with Crippen molar-refractivity contribution in [3.8, 4) is 0 Å². The highest BCUT2D eigenvalue weighted by Gasteiger charge is 2.05. The Hall–Kier alpha value is -2.30. The van der Waals surface area contributed by atoms with Gasteiger partial charge in [-0.1, -0.05) is 12.1 Å². The third-order valence-electron chi connectivity index (χ3n) is 2.40. The first-order valence-corrected chi connectivity index (χ1v) is 5.56. The fourth-order valence-electron chi connectivity index (χ4n) is 1.48. The number of para-hydroxylation sites is 1. The van der Waals surface area contributed by atoms with Crippen molar-refractivity contribution in [2.75, 3.05) is 11.9 Å². The predicted octanol–water partition coefficient (Wildman–Crippen LogP) is 2.78. The molecule has 0 spiro atoms. The number of hydrogen-bond acceptors (Lipinski definition) is 2. The molecule has 2 aromatic rings. The SMILES string of the molecule is O=C(NCCc1ccoc1)Nc1ccccc1F. The Bertz CT molecular complexity index is 511. The van der Waals surface area contributed by atoms with Gasteiger partial charge in [0.15, 0.2) is 0 Å². The van der Waals surface area contributed by atoms with Crippen LogP contribution in [0, 0.1) is 5.82 Å². The molecule has 0 unspecified atom stereocenters. The van der Waals surface area contributed by atoms with E-state index in [1.54, 1.807) is 24.7 Å². The van der Waals surface area contributed by atoms with Crippen molar-refractivity contribution in [3.63, 3.8) is 0 Å². The zero-order valence-electron chi connectivity index (χ0n) is 9.65.